The molecule has 2 aromatic rings. The molecule has 1 N–H and O–H groups in total. The van der Waals surface area contributed by atoms with Gasteiger partial charge in [-0.15, -0.1) is 0 Å². The van der Waals surface area contributed by atoms with Crippen molar-refractivity contribution in [3.05, 3.63) is 51.7 Å². The molecule has 1 heterocycles. The van der Waals surface area contributed by atoms with E-state index in [-0.39, 0.29) is 22.9 Å². The number of ketones is 1. The van der Waals surface area contributed by atoms with Gasteiger partial charge in [0.1, 0.15) is 11.1 Å². The van der Waals surface area contributed by atoms with E-state index in [9.17, 15) is 14.9 Å². The standard InChI is InChI=1S/C22H22ClN3O2S/c1-4-15-16(11-24)21(26-17-9-22(2,3)10-18(27)20(15)17)29-12-19(28)25-14-7-5-13(23)6-8-14/h5-8H,4,9-10,12H2,1-3H3,(H,25,28). The van der Waals surface area contributed by atoms with E-state index < -0.39 is 0 Å². The lowest BCUT2D eigenvalue weighted by atomic mass is 9.74. The second-order valence-electron chi connectivity index (χ2n) is 7.84. The van der Waals surface area contributed by atoms with E-state index in [2.05, 4.69) is 16.4 Å². The highest BCUT2D eigenvalue weighted by molar-refractivity contribution is 8.00. The molecule has 1 amide bonds. The summed E-state index contributed by atoms with van der Waals surface area (Å²) in [7, 11) is 0. The van der Waals surface area contributed by atoms with Gasteiger partial charge in [0.2, 0.25) is 5.91 Å². The smallest absolute Gasteiger partial charge is 0.234 e. The van der Waals surface area contributed by atoms with Crippen LogP contribution in [0.25, 0.3) is 0 Å². The minimum absolute atomic E-state index is 0.0501. The first kappa shape index (κ1) is 21.4. The van der Waals surface area contributed by atoms with Crippen molar-refractivity contribution in [2.24, 2.45) is 5.41 Å². The van der Waals surface area contributed by atoms with Gasteiger partial charge in [-0.1, -0.05) is 44.1 Å². The lowest BCUT2D eigenvalue weighted by Gasteiger charge is -2.31. The fourth-order valence-corrected chi connectivity index (χ4v) is 4.55. The second-order valence-corrected chi connectivity index (χ2v) is 9.24. The van der Waals surface area contributed by atoms with E-state index in [0.717, 1.165) is 11.3 Å². The third-order valence-electron chi connectivity index (χ3n) is 4.84. The number of hydrogen-bond donors (Lipinski definition) is 1. The molecule has 3 rings (SSSR count). The number of pyridine rings is 1. The Labute approximate surface area is 179 Å². The van der Waals surface area contributed by atoms with Crippen LogP contribution >= 0.6 is 23.4 Å². The van der Waals surface area contributed by atoms with Gasteiger partial charge in [-0.25, -0.2) is 4.98 Å². The summed E-state index contributed by atoms with van der Waals surface area (Å²) in [5.74, 6) is -0.0341. The van der Waals surface area contributed by atoms with Gasteiger partial charge in [-0.3, -0.25) is 9.59 Å². The fraction of sp³-hybridized carbons (Fsp3) is 0.364. The number of amides is 1. The van der Waals surface area contributed by atoms with Crippen molar-refractivity contribution in [2.75, 3.05) is 11.1 Å². The highest BCUT2D eigenvalue weighted by Gasteiger charge is 2.35. The summed E-state index contributed by atoms with van der Waals surface area (Å²) in [6.07, 6.45) is 1.71. The molecule has 1 aliphatic carbocycles. The zero-order chi connectivity index (χ0) is 21.2. The monoisotopic (exact) mass is 427 g/mol. The molecule has 0 saturated carbocycles. The van der Waals surface area contributed by atoms with Crippen LogP contribution in [0, 0.1) is 16.7 Å². The Morgan fingerprint density at radius 3 is 2.62 bits per heavy atom. The van der Waals surface area contributed by atoms with Crippen LogP contribution in [0.5, 0.6) is 0 Å². The second kappa shape index (κ2) is 8.56. The molecule has 0 unspecified atom stereocenters. The van der Waals surface area contributed by atoms with Gasteiger partial charge in [0.05, 0.1) is 17.0 Å². The number of carbonyl (C=O) groups is 2. The third kappa shape index (κ3) is 4.80. The Bertz CT molecular complexity index is 1010. The van der Waals surface area contributed by atoms with E-state index in [1.165, 1.54) is 11.8 Å². The first-order valence-corrected chi connectivity index (χ1v) is 10.8. The Hall–Kier alpha value is -2.36. The summed E-state index contributed by atoms with van der Waals surface area (Å²) in [5.41, 5.74) is 2.99. The molecule has 29 heavy (non-hydrogen) atoms. The van der Waals surface area contributed by atoms with Gasteiger partial charge in [-0.2, -0.15) is 5.26 Å². The molecule has 0 atom stereocenters. The molecule has 1 aliphatic rings. The molecule has 7 heteroatoms. The number of nitriles is 1. The Morgan fingerprint density at radius 1 is 1.31 bits per heavy atom. The quantitative estimate of drug-likeness (QED) is 0.674. The van der Waals surface area contributed by atoms with Gasteiger partial charge in [0.25, 0.3) is 0 Å². The average Bonchev–Trinajstić information content (AvgIpc) is 2.65. The number of aromatic nitrogens is 1. The lowest BCUT2D eigenvalue weighted by molar-refractivity contribution is -0.113. The number of fused-ring (bicyclic) bond motifs is 1. The normalized spacial score (nSPS) is 14.8. The first-order valence-electron chi connectivity index (χ1n) is 9.41. The number of anilines is 1. The summed E-state index contributed by atoms with van der Waals surface area (Å²) >= 11 is 7.08. The zero-order valence-corrected chi connectivity index (χ0v) is 18.2. The minimum Gasteiger partial charge on any atom is -0.325 e. The van der Waals surface area contributed by atoms with Crippen LogP contribution in [0.1, 0.15) is 54.4 Å². The Balaban J connectivity index is 1.85. The predicted octanol–water partition coefficient (Wildman–Crippen LogP) is 5.05. The average molecular weight is 428 g/mol. The van der Waals surface area contributed by atoms with Gasteiger partial charge < -0.3 is 5.32 Å². The molecule has 0 radical (unpaired) electrons. The van der Waals surface area contributed by atoms with Crippen LogP contribution in [0.15, 0.2) is 29.3 Å². The number of nitrogens with one attached hydrogen (secondary N) is 1. The molecule has 0 spiro atoms. The lowest BCUT2D eigenvalue weighted by Crippen LogP contribution is -2.29. The summed E-state index contributed by atoms with van der Waals surface area (Å²) in [5, 5.41) is 13.6. The number of halogens is 1. The number of rotatable bonds is 5. The Morgan fingerprint density at radius 2 is 2.00 bits per heavy atom. The summed E-state index contributed by atoms with van der Waals surface area (Å²) in [6.45, 7) is 6.03. The van der Waals surface area contributed by atoms with E-state index in [0.29, 0.717) is 46.1 Å². The molecule has 5 nitrogen and oxygen atoms in total. The molecule has 0 fully saturated rings. The molecule has 150 valence electrons. The molecular formula is C22H22ClN3O2S. The van der Waals surface area contributed by atoms with Crippen molar-refractivity contribution >= 4 is 40.7 Å². The highest BCUT2D eigenvalue weighted by Crippen LogP contribution is 2.38. The number of carbonyl (C=O) groups excluding carboxylic acids is 2. The first-order chi connectivity index (χ1) is 13.7. The van der Waals surface area contributed by atoms with Gasteiger partial charge >= 0.3 is 0 Å². The van der Waals surface area contributed by atoms with E-state index in [1.807, 2.05) is 20.8 Å². The van der Waals surface area contributed by atoms with Gasteiger partial charge in [-0.05, 0) is 48.1 Å². The summed E-state index contributed by atoms with van der Waals surface area (Å²) < 4.78 is 0. The molecule has 1 aromatic heterocycles. The van der Waals surface area contributed by atoms with Crippen LogP contribution in [-0.4, -0.2) is 22.4 Å². The number of nitrogens with zero attached hydrogens (tertiary/aromatic N) is 2. The van der Waals surface area contributed by atoms with Crippen LogP contribution < -0.4 is 5.32 Å². The molecule has 0 saturated heterocycles. The maximum Gasteiger partial charge on any atom is 0.234 e. The topological polar surface area (TPSA) is 82.8 Å². The van der Waals surface area contributed by atoms with Crippen molar-refractivity contribution < 1.29 is 9.59 Å². The molecule has 0 aliphatic heterocycles. The fourth-order valence-electron chi connectivity index (χ4n) is 3.60. The van der Waals surface area contributed by atoms with E-state index in [4.69, 9.17) is 11.6 Å². The van der Waals surface area contributed by atoms with Gasteiger partial charge in [0, 0.05) is 22.7 Å². The van der Waals surface area contributed by atoms with Crippen LogP contribution in [0.2, 0.25) is 5.02 Å². The molecular weight excluding hydrogens is 406 g/mol. The third-order valence-corrected chi connectivity index (χ3v) is 6.07. The number of thioether (sulfide) groups is 1. The molecule has 1 aromatic carbocycles. The van der Waals surface area contributed by atoms with Gasteiger partial charge in [0.15, 0.2) is 5.78 Å². The SMILES string of the molecule is CCc1c(C#N)c(SCC(=O)Nc2ccc(Cl)cc2)nc2c1C(=O)CC(C)(C)C2. The highest BCUT2D eigenvalue weighted by atomic mass is 35.5. The predicted molar refractivity (Wildman–Crippen MR) is 116 cm³/mol. The van der Waals surface area contributed by atoms with Crippen molar-refractivity contribution in [1.29, 1.82) is 5.26 Å². The van der Waals surface area contributed by atoms with Crippen molar-refractivity contribution in [3.8, 4) is 6.07 Å². The largest absolute Gasteiger partial charge is 0.325 e. The maximum atomic E-state index is 12.7. The number of Topliss-reactive ketones (excluding diaryl/α,β-unsaturated/α-hetero) is 1. The Kier molecular flexibility index (Phi) is 6.30. The number of hydrogen-bond acceptors (Lipinski definition) is 5. The van der Waals surface area contributed by atoms with Crippen LogP contribution in [-0.2, 0) is 17.6 Å². The van der Waals surface area contributed by atoms with E-state index >= 15 is 0 Å². The summed E-state index contributed by atoms with van der Waals surface area (Å²) in [4.78, 5) is 29.7. The van der Waals surface area contributed by atoms with Crippen molar-refractivity contribution in [3.63, 3.8) is 0 Å². The zero-order valence-electron chi connectivity index (χ0n) is 16.6. The van der Waals surface area contributed by atoms with Crippen molar-refractivity contribution in [1.82, 2.24) is 4.98 Å². The minimum atomic E-state index is -0.199. The van der Waals surface area contributed by atoms with Crippen LogP contribution in [0.4, 0.5) is 5.69 Å². The summed E-state index contributed by atoms with van der Waals surface area (Å²) in [6, 6.07) is 9.07. The van der Waals surface area contributed by atoms with E-state index in [1.54, 1.807) is 24.3 Å². The van der Waals surface area contributed by atoms with Crippen LogP contribution in [0.3, 0.4) is 0 Å². The van der Waals surface area contributed by atoms with Crippen molar-refractivity contribution in [2.45, 2.75) is 45.1 Å². The number of benzene rings is 1. The maximum absolute atomic E-state index is 12.7. The molecule has 0 bridgehead atoms.